The molecule has 0 aromatic heterocycles. The first kappa shape index (κ1) is 35.6. The molecule has 0 fully saturated rings. The van der Waals surface area contributed by atoms with Gasteiger partial charge in [0, 0.05) is 69.4 Å². The zero-order valence-electron chi connectivity index (χ0n) is 2.14. The Morgan fingerprint density at radius 2 is 0.500 bits per heavy atom. The third-order valence-corrected chi connectivity index (χ3v) is 0. The summed E-state index contributed by atoms with van der Waals surface area (Å²) in [6.45, 7) is 0. The second-order valence-electron chi connectivity index (χ2n) is 0. The summed E-state index contributed by atoms with van der Waals surface area (Å²) in [6.07, 6.45) is 0. The van der Waals surface area contributed by atoms with Crippen molar-refractivity contribution in [3.8, 4) is 0 Å². The van der Waals surface area contributed by atoms with Gasteiger partial charge in [0.25, 0.3) is 0 Å². The molecule has 9 radical (unpaired) electrons. The maximum atomic E-state index is 0. The molecule has 4 heavy (non-hydrogen) atoms. The number of rotatable bonds is 0. The van der Waals surface area contributed by atoms with Gasteiger partial charge in [-0.3, -0.25) is 0 Å². The summed E-state index contributed by atoms with van der Waals surface area (Å²) >= 11 is 0. The summed E-state index contributed by atoms with van der Waals surface area (Å²) in [5.74, 6) is 0. The van der Waals surface area contributed by atoms with E-state index in [-0.39, 0.29) is 69.4 Å². The van der Waals surface area contributed by atoms with Crippen LogP contribution >= 0.6 is 0 Å². The molecular weight excluding hydrogens is 133 g/mol. The summed E-state index contributed by atoms with van der Waals surface area (Å²) in [7, 11) is 0. The van der Waals surface area contributed by atoms with Gasteiger partial charge in [0.1, 0.15) is 0 Å². The molecule has 0 heterocycles. The summed E-state index contributed by atoms with van der Waals surface area (Å²) in [4.78, 5) is 0. The van der Waals surface area contributed by atoms with Crippen LogP contribution in [0, 0.1) is 0 Å². The molecule has 0 rings (SSSR count). The van der Waals surface area contributed by atoms with Gasteiger partial charge in [0.15, 0.2) is 0 Å². The van der Waals surface area contributed by atoms with Crippen LogP contribution < -0.4 is 0 Å². The number of hydrogen-bond acceptors (Lipinski definition) is 0. The van der Waals surface area contributed by atoms with Crippen molar-refractivity contribution >= 4 is 52.1 Å². The second kappa shape index (κ2) is 19.3. The molecule has 0 amide bonds. The van der Waals surface area contributed by atoms with Crippen molar-refractivity contribution in [2.24, 2.45) is 0 Å². The molecular formula is Al3Cr. The topological polar surface area (TPSA) is 0 Å². The van der Waals surface area contributed by atoms with E-state index in [1.807, 2.05) is 0 Å². The Hall–Kier alpha value is 2.13. The number of hydrogen-bond donors (Lipinski definition) is 0. The van der Waals surface area contributed by atoms with Crippen molar-refractivity contribution in [2.75, 3.05) is 0 Å². The van der Waals surface area contributed by atoms with Gasteiger partial charge in [-0.1, -0.05) is 0 Å². The van der Waals surface area contributed by atoms with Crippen LogP contribution in [0.1, 0.15) is 0 Å². The van der Waals surface area contributed by atoms with E-state index in [9.17, 15) is 0 Å². The van der Waals surface area contributed by atoms with Gasteiger partial charge in [-0.25, -0.2) is 0 Å². The summed E-state index contributed by atoms with van der Waals surface area (Å²) in [5, 5.41) is 0. The van der Waals surface area contributed by atoms with Crippen molar-refractivity contribution in [1.29, 1.82) is 0 Å². The van der Waals surface area contributed by atoms with Crippen LogP contribution in [-0.4, -0.2) is 52.1 Å². The third kappa shape index (κ3) is 8.92. The van der Waals surface area contributed by atoms with Crippen molar-refractivity contribution in [3.63, 3.8) is 0 Å². The Bertz CT molecular complexity index is 3.25. The van der Waals surface area contributed by atoms with E-state index in [4.69, 9.17) is 0 Å². The van der Waals surface area contributed by atoms with Crippen molar-refractivity contribution in [3.05, 3.63) is 0 Å². The quantitative estimate of drug-likeness (QED) is 0.366. The van der Waals surface area contributed by atoms with Crippen LogP contribution in [0.5, 0.6) is 0 Å². The van der Waals surface area contributed by atoms with Crippen LogP contribution in [0.2, 0.25) is 0 Å². The molecule has 0 unspecified atom stereocenters. The van der Waals surface area contributed by atoms with Crippen LogP contribution in [0.3, 0.4) is 0 Å². The molecule has 0 spiro atoms. The molecule has 0 nitrogen and oxygen atoms in total. The SMILES string of the molecule is [Al].[Al].[Al].[Cr]. The van der Waals surface area contributed by atoms with Gasteiger partial charge in [-0.2, -0.15) is 0 Å². The average molecular weight is 133 g/mol. The maximum Gasteiger partial charge on any atom is 0 e. The molecule has 15 valence electrons. The monoisotopic (exact) mass is 133 g/mol. The molecule has 0 N–H and O–H groups in total. The molecule has 4 heteroatoms. The molecule has 0 bridgehead atoms. The van der Waals surface area contributed by atoms with E-state index in [1.54, 1.807) is 0 Å². The Labute approximate surface area is 68.9 Å². The van der Waals surface area contributed by atoms with Crippen LogP contribution in [-0.2, 0) is 17.4 Å². The fourth-order valence-electron chi connectivity index (χ4n) is 0. The maximum absolute atomic E-state index is 0. The van der Waals surface area contributed by atoms with E-state index < -0.39 is 0 Å². The first-order valence-corrected chi connectivity index (χ1v) is 0. The van der Waals surface area contributed by atoms with E-state index in [1.165, 1.54) is 0 Å². The van der Waals surface area contributed by atoms with Crippen LogP contribution in [0.25, 0.3) is 0 Å². The van der Waals surface area contributed by atoms with E-state index >= 15 is 0 Å². The molecule has 0 aliphatic rings. The molecule has 0 aliphatic carbocycles. The van der Waals surface area contributed by atoms with Gasteiger partial charge in [0.05, 0.1) is 0 Å². The van der Waals surface area contributed by atoms with Crippen LogP contribution in [0.15, 0.2) is 0 Å². The first-order valence-electron chi connectivity index (χ1n) is 0. The van der Waals surface area contributed by atoms with Gasteiger partial charge < -0.3 is 0 Å². The second-order valence-corrected chi connectivity index (χ2v) is 0. The fourth-order valence-corrected chi connectivity index (χ4v) is 0. The largest absolute Gasteiger partial charge is 0 e. The van der Waals surface area contributed by atoms with Gasteiger partial charge in [-0.05, 0) is 0 Å². The fraction of sp³-hybridized carbons (Fsp3) is 0. The van der Waals surface area contributed by atoms with Crippen LogP contribution in [0.4, 0.5) is 0 Å². The van der Waals surface area contributed by atoms with Crippen molar-refractivity contribution in [1.82, 2.24) is 0 Å². The first-order chi connectivity index (χ1) is 0. The summed E-state index contributed by atoms with van der Waals surface area (Å²) in [5.41, 5.74) is 0. The molecule has 0 saturated heterocycles. The zero-order chi connectivity index (χ0) is 0. The van der Waals surface area contributed by atoms with E-state index in [2.05, 4.69) is 0 Å². The molecule has 0 saturated carbocycles. The Morgan fingerprint density at radius 1 is 0.500 bits per heavy atom. The van der Waals surface area contributed by atoms with E-state index in [0.29, 0.717) is 0 Å². The molecule has 0 atom stereocenters. The Morgan fingerprint density at radius 3 is 0.500 bits per heavy atom. The third-order valence-electron chi connectivity index (χ3n) is 0. The molecule has 0 aromatic carbocycles. The molecule has 0 aliphatic heterocycles. The predicted octanol–water partition coefficient (Wildman–Crippen LogP) is -1.14. The Balaban J connectivity index is 0. The zero-order valence-corrected chi connectivity index (χ0v) is 6.88. The minimum Gasteiger partial charge on any atom is 0 e. The summed E-state index contributed by atoms with van der Waals surface area (Å²) in [6, 6.07) is 0. The predicted molar refractivity (Wildman–Crippen MR) is 17.3 cm³/mol. The molecule has 0 aromatic rings. The van der Waals surface area contributed by atoms with Gasteiger partial charge in [0.2, 0.25) is 0 Å². The Kier molecular flexibility index (Phi) is 171. The van der Waals surface area contributed by atoms with E-state index in [0.717, 1.165) is 0 Å². The minimum atomic E-state index is 0. The van der Waals surface area contributed by atoms with Gasteiger partial charge in [-0.15, -0.1) is 0 Å². The minimum absolute atomic E-state index is 0. The van der Waals surface area contributed by atoms with Gasteiger partial charge >= 0.3 is 0 Å². The normalized spacial score (nSPS) is 0. The smallest absolute Gasteiger partial charge is 0 e. The average Bonchev–Trinajstić information content (AvgIpc) is 0. The standard InChI is InChI=1S/3Al.Cr. The van der Waals surface area contributed by atoms with Crippen molar-refractivity contribution < 1.29 is 17.4 Å². The summed E-state index contributed by atoms with van der Waals surface area (Å²) < 4.78 is 0. The van der Waals surface area contributed by atoms with Crippen molar-refractivity contribution in [2.45, 2.75) is 0 Å².